The molecule has 0 radical (unpaired) electrons. The van der Waals surface area contributed by atoms with Crippen LogP contribution in [0.5, 0.6) is 0 Å². The Bertz CT molecular complexity index is 132. The molecule has 0 N–H and O–H groups in total. The molecule has 6 heteroatoms. The molecule has 0 rings (SSSR count). The monoisotopic (exact) mass is 256 g/mol. The van der Waals surface area contributed by atoms with Crippen LogP contribution in [0.3, 0.4) is 0 Å². The van der Waals surface area contributed by atoms with Crippen molar-refractivity contribution < 1.29 is 27.7 Å². The minimum atomic E-state index is -0.893. The Balaban J connectivity index is 4.39. The largest absolute Gasteiger partial charge is 0.381 e. The van der Waals surface area contributed by atoms with Gasteiger partial charge in [0, 0.05) is 13.2 Å². The molecule has 0 saturated carbocycles. The Morgan fingerprint density at radius 3 is 1.35 bits per heavy atom. The first-order valence-electron chi connectivity index (χ1n) is 5.67. The Kier molecular flexibility index (Phi) is 10.6. The van der Waals surface area contributed by atoms with Crippen LogP contribution in [0.15, 0.2) is 0 Å². The van der Waals surface area contributed by atoms with Gasteiger partial charge in [-0.1, -0.05) is 0 Å². The van der Waals surface area contributed by atoms with E-state index >= 15 is 0 Å². The predicted octanol–water partition coefficient (Wildman–Crippen LogP) is 1.93. The van der Waals surface area contributed by atoms with E-state index in [1.54, 1.807) is 0 Å². The summed E-state index contributed by atoms with van der Waals surface area (Å²) in [4.78, 5) is 0. The third-order valence-corrected chi connectivity index (χ3v) is 2.20. The van der Waals surface area contributed by atoms with E-state index in [2.05, 4.69) is 0 Å². The van der Waals surface area contributed by atoms with Crippen LogP contribution in [0.2, 0.25) is 0 Å². The van der Waals surface area contributed by atoms with Crippen LogP contribution in [0.25, 0.3) is 0 Å². The van der Waals surface area contributed by atoms with E-state index in [1.165, 1.54) is 0 Å². The highest BCUT2D eigenvalue weighted by Crippen LogP contribution is 2.20. The second kappa shape index (κ2) is 10.8. The number of hydrogen-bond acceptors (Lipinski definition) is 4. The normalized spacial score (nSPS) is 12.0. The summed E-state index contributed by atoms with van der Waals surface area (Å²) in [6.45, 7) is 3.64. The SMILES string of the molecule is CCOCC(COCC)(COCF)COCF. The van der Waals surface area contributed by atoms with Gasteiger partial charge in [-0.2, -0.15) is 0 Å². The van der Waals surface area contributed by atoms with Crippen molar-refractivity contribution in [3.63, 3.8) is 0 Å². The molecule has 0 atom stereocenters. The van der Waals surface area contributed by atoms with Crippen molar-refractivity contribution in [1.29, 1.82) is 0 Å². The summed E-state index contributed by atoms with van der Waals surface area (Å²) in [7, 11) is 0. The van der Waals surface area contributed by atoms with Crippen molar-refractivity contribution in [2.24, 2.45) is 5.41 Å². The van der Waals surface area contributed by atoms with Gasteiger partial charge in [0.25, 0.3) is 0 Å². The molecular weight excluding hydrogens is 234 g/mol. The zero-order valence-corrected chi connectivity index (χ0v) is 10.5. The molecule has 0 saturated heterocycles. The Morgan fingerprint density at radius 2 is 1.06 bits per heavy atom. The lowest BCUT2D eigenvalue weighted by Crippen LogP contribution is -2.41. The second-order valence-corrected chi connectivity index (χ2v) is 3.69. The van der Waals surface area contributed by atoms with Crippen LogP contribution in [0.1, 0.15) is 13.8 Å². The Morgan fingerprint density at radius 1 is 0.706 bits per heavy atom. The molecule has 0 aliphatic rings. The smallest absolute Gasteiger partial charge is 0.188 e. The fourth-order valence-electron chi connectivity index (χ4n) is 1.40. The number of hydrogen-bond donors (Lipinski definition) is 0. The first-order valence-corrected chi connectivity index (χ1v) is 5.67. The summed E-state index contributed by atoms with van der Waals surface area (Å²) >= 11 is 0. The molecule has 4 nitrogen and oxygen atoms in total. The summed E-state index contributed by atoms with van der Waals surface area (Å²) < 4.78 is 44.3. The van der Waals surface area contributed by atoms with Crippen molar-refractivity contribution in [2.45, 2.75) is 13.8 Å². The van der Waals surface area contributed by atoms with Crippen molar-refractivity contribution in [3.05, 3.63) is 0 Å². The van der Waals surface area contributed by atoms with E-state index in [-0.39, 0.29) is 26.4 Å². The molecule has 0 aliphatic heterocycles. The van der Waals surface area contributed by atoms with Crippen LogP contribution < -0.4 is 0 Å². The van der Waals surface area contributed by atoms with Gasteiger partial charge < -0.3 is 18.9 Å². The van der Waals surface area contributed by atoms with E-state index in [1.807, 2.05) is 13.8 Å². The van der Waals surface area contributed by atoms with Crippen molar-refractivity contribution in [1.82, 2.24) is 0 Å². The van der Waals surface area contributed by atoms with Gasteiger partial charge in [-0.3, -0.25) is 0 Å². The highest BCUT2D eigenvalue weighted by molar-refractivity contribution is 4.79. The Hall–Kier alpha value is -0.300. The molecule has 0 aromatic rings. The van der Waals surface area contributed by atoms with Gasteiger partial charge >= 0.3 is 0 Å². The van der Waals surface area contributed by atoms with E-state index in [9.17, 15) is 8.78 Å². The third kappa shape index (κ3) is 7.59. The highest BCUT2D eigenvalue weighted by Gasteiger charge is 2.32. The number of halogens is 2. The summed E-state index contributed by atoms with van der Waals surface area (Å²) in [5.74, 6) is 0. The van der Waals surface area contributed by atoms with Crippen LogP contribution in [-0.2, 0) is 18.9 Å². The minimum absolute atomic E-state index is 0.0729. The fraction of sp³-hybridized carbons (Fsp3) is 1.00. The standard InChI is InChI=1S/C11H22F2O4/c1-3-14-5-11(6-15-4-2,7-16-9-12)8-17-10-13/h3-10H2,1-2H3. The lowest BCUT2D eigenvalue weighted by Gasteiger charge is -2.31. The predicted molar refractivity (Wildman–Crippen MR) is 59.3 cm³/mol. The third-order valence-electron chi connectivity index (χ3n) is 2.20. The van der Waals surface area contributed by atoms with Crippen LogP contribution in [0, 0.1) is 5.41 Å². The molecule has 0 amide bonds. The second-order valence-electron chi connectivity index (χ2n) is 3.69. The van der Waals surface area contributed by atoms with Gasteiger partial charge in [-0.05, 0) is 13.8 Å². The molecule has 0 heterocycles. The maximum Gasteiger partial charge on any atom is 0.188 e. The van der Waals surface area contributed by atoms with Gasteiger partial charge in [-0.15, -0.1) is 0 Å². The highest BCUT2D eigenvalue weighted by atomic mass is 19.1. The summed E-state index contributed by atoms with van der Waals surface area (Å²) in [5.41, 5.74) is -0.663. The van der Waals surface area contributed by atoms with Crippen LogP contribution in [0.4, 0.5) is 8.78 Å². The molecular formula is C11H22F2O4. The molecule has 0 aromatic heterocycles. The van der Waals surface area contributed by atoms with E-state index < -0.39 is 19.1 Å². The lowest BCUT2D eigenvalue weighted by molar-refractivity contribution is -0.122. The summed E-state index contributed by atoms with van der Waals surface area (Å²) in [6.07, 6.45) is 0. The van der Waals surface area contributed by atoms with Gasteiger partial charge in [0.1, 0.15) is 0 Å². The minimum Gasteiger partial charge on any atom is -0.381 e. The zero-order chi connectivity index (χ0) is 13.0. The maximum absolute atomic E-state index is 12.1. The fourth-order valence-corrected chi connectivity index (χ4v) is 1.40. The lowest BCUT2D eigenvalue weighted by atomic mass is 9.92. The quantitative estimate of drug-likeness (QED) is 0.534. The van der Waals surface area contributed by atoms with Gasteiger partial charge in [0.2, 0.25) is 0 Å². The van der Waals surface area contributed by atoms with E-state index in [4.69, 9.17) is 18.9 Å². The Labute approximate surface area is 101 Å². The number of ether oxygens (including phenoxy) is 4. The summed E-state index contributed by atoms with van der Waals surface area (Å²) in [6, 6.07) is 0. The molecule has 17 heavy (non-hydrogen) atoms. The molecule has 104 valence electrons. The van der Waals surface area contributed by atoms with Crippen molar-refractivity contribution in [3.8, 4) is 0 Å². The molecule has 0 spiro atoms. The molecule has 0 unspecified atom stereocenters. The van der Waals surface area contributed by atoms with E-state index in [0.717, 1.165) is 0 Å². The number of alkyl halides is 2. The molecule has 0 aromatic carbocycles. The van der Waals surface area contributed by atoms with Gasteiger partial charge in [-0.25, -0.2) is 8.78 Å². The van der Waals surface area contributed by atoms with Gasteiger partial charge in [0.15, 0.2) is 13.7 Å². The van der Waals surface area contributed by atoms with Crippen LogP contribution >= 0.6 is 0 Å². The average molecular weight is 256 g/mol. The van der Waals surface area contributed by atoms with Gasteiger partial charge in [0.05, 0.1) is 31.8 Å². The van der Waals surface area contributed by atoms with Crippen molar-refractivity contribution >= 4 is 0 Å². The molecule has 0 bridgehead atoms. The topological polar surface area (TPSA) is 36.9 Å². The van der Waals surface area contributed by atoms with Crippen LogP contribution in [-0.4, -0.2) is 53.4 Å². The number of rotatable bonds is 12. The maximum atomic E-state index is 12.1. The van der Waals surface area contributed by atoms with Crippen molar-refractivity contribution in [2.75, 3.05) is 53.4 Å². The average Bonchev–Trinajstić information content (AvgIpc) is 2.37. The first-order chi connectivity index (χ1) is 8.24. The zero-order valence-electron chi connectivity index (χ0n) is 10.5. The first kappa shape index (κ1) is 16.7. The molecule has 0 aliphatic carbocycles. The molecule has 0 fully saturated rings. The summed E-state index contributed by atoms with van der Waals surface area (Å²) in [5, 5.41) is 0. The van der Waals surface area contributed by atoms with E-state index in [0.29, 0.717) is 13.2 Å².